The smallest absolute Gasteiger partial charge is 0.338 e. The number of nitrogens with zero attached hydrogens (tertiary/aromatic N) is 1. The van der Waals surface area contributed by atoms with E-state index < -0.39 is 23.3 Å². The molecule has 4 nitrogen and oxygen atoms in total. The minimum atomic E-state index is -1.36. The van der Waals surface area contributed by atoms with Crippen LogP contribution in [0.2, 0.25) is 0 Å². The Bertz CT molecular complexity index is 481. The Morgan fingerprint density at radius 3 is 2.33 bits per heavy atom. The number of halogens is 1. The largest absolute Gasteiger partial charge is 0.478 e. The average Bonchev–Trinajstić information content (AvgIpc) is 2.39. The third-order valence-electron chi connectivity index (χ3n) is 3.10. The van der Waals surface area contributed by atoms with Gasteiger partial charge in [0.2, 0.25) is 0 Å². The normalized spacial score (nSPS) is 15.5. The highest BCUT2D eigenvalue weighted by Crippen LogP contribution is 2.18. The van der Waals surface area contributed by atoms with Crippen LogP contribution in [0.25, 0.3) is 0 Å². The molecule has 0 bridgehead atoms. The number of carbonyl (C=O) groups excluding carboxylic acids is 1. The van der Waals surface area contributed by atoms with Crippen LogP contribution in [0, 0.1) is 5.82 Å². The Balaban J connectivity index is 2.30. The number of amides is 1. The summed E-state index contributed by atoms with van der Waals surface area (Å²) in [5, 5.41) is 8.82. The number of piperidine rings is 1. The van der Waals surface area contributed by atoms with Gasteiger partial charge in [0.1, 0.15) is 5.82 Å². The van der Waals surface area contributed by atoms with Crippen LogP contribution in [0.15, 0.2) is 18.2 Å². The van der Waals surface area contributed by atoms with Crippen LogP contribution < -0.4 is 0 Å². The summed E-state index contributed by atoms with van der Waals surface area (Å²) in [7, 11) is 0. The van der Waals surface area contributed by atoms with Gasteiger partial charge in [-0.2, -0.15) is 0 Å². The summed E-state index contributed by atoms with van der Waals surface area (Å²) in [4.78, 5) is 24.5. The Kier molecular flexibility index (Phi) is 3.60. The van der Waals surface area contributed by atoms with Gasteiger partial charge in [0.15, 0.2) is 0 Å². The van der Waals surface area contributed by atoms with Crippen LogP contribution >= 0.6 is 0 Å². The van der Waals surface area contributed by atoms with Crippen LogP contribution in [0.5, 0.6) is 0 Å². The second-order valence-electron chi connectivity index (χ2n) is 4.33. The molecule has 18 heavy (non-hydrogen) atoms. The zero-order valence-electron chi connectivity index (χ0n) is 9.86. The van der Waals surface area contributed by atoms with Crippen LogP contribution in [0.4, 0.5) is 4.39 Å². The van der Waals surface area contributed by atoms with Gasteiger partial charge in [0, 0.05) is 13.1 Å². The first-order chi connectivity index (χ1) is 8.61. The van der Waals surface area contributed by atoms with Gasteiger partial charge in [0.25, 0.3) is 5.91 Å². The molecule has 0 unspecified atom stereocenters. The molecule has 1 fully saturated rings. The van der Waals surface area contributed by atoms with Gasteiger partial charge < -0.3 is 10.0 Å². The van der Waals surface area contributed by atoms with Crippen LogP contribution in [0.3, 0.4) is 0 Å². The molecule has 1 N–H and O–H groups in total. The number of carbonyl (C=O) groups is 2. The van der Waals surface area contributed by atoms with E-state index >= 15 is 0 Å². The quantitative estimate of drug-likeness (QED) is 0.876. The Labute approximate surface area is 104 Å². The van der Waals surface area contributed by atoms with Gasteiger partial charge >= 0.3 is 5.97 Å². The summed E-state index contributed by atoms with van der Waals surface area (Å²) in [5.74, 6) is -2.73. The first-order valence-electron chi connectivity index (χ1n) is 5.92. The minimum Gasteiger partial charge on any atom is -0.478 e. The van der Waals surface area contributed by atoms with Crippen LogP contribution in [-0.4, -0.2) is 35.0 Å². The van der Waals surface area contributed by atoms with Crippen molar-refractivity contribution in [1.82, 2.24) is 4.90 Å². The summed E-state index contributed by atoms with van der Waals surface area (Å²) in [6, 6.07) is 3.88. The van der Waals surface area contributed by atoms with Gasteiger partial charge in [-0.1, -0.05) is 6.07 Å². The molecule has 1 amide bonds. The van der Waals surface area contributed by atoms with Gasteiger partial charge in [-0.25, -0.2) is 9.18 Å². The fourth-order valence-corrected chi connectivity index (χ4v) is 2.13. The Hall–Kier alpha value is -1.91. The average molecular weight is 251 g/mol. The summed E-state index contributed by atoms with van der Waals surface area (Å²) in [6.45, 7) is 1.21. The van der Waals surface area contributed by atoms with E-state index in [1.54, 1.807) is 4.90 Å². The van der Waals surface area contributed by atoms with Crippen molar-refractivity contribution in [1.29, 1.82) is 0 Å². The predicted molar refractivity (Wildman–Crippen MR) is 63.1 cm³/mol. The molecule has 0 saturated carbocycles. The molecule has 0 aromatic heterocycles. The van der Waals surface area contributed by atoms with Gasteiger partial charge in [-0.15, -0.1) is 0 Å². The lowest BCUT2D eigenvalue weighted by molar-refractivity contribution is 0.0691. The summed E-state index contributed by atoms with van der Waals surface area (Å²) < 4.78 is 13.9. The summed E-state index contributed by atoms with van der Waals surface area (Å²) >= 11 is 0. The predicted octanol–water partition coefficient (Wildman–Crippen LogP) is 2.15. The number of rotatable bonds is 2. The Morgan fingerprint density at radius 2 is 1.72 bits per heavy atom. The number of hydrogen-bond donors (Lipinski definition) is 1. The fraction of sp³-hybridized carbons (Fsp3) is 0.385. The molecule has 1 aromatic carbocycles. The maximum absolute atomic E-state index is 13.9. The number of carboxylic acids is 1. The SMILES string of the molecule is O=C(O)c1cccc(C(=O)N2CCCCC2)c1F. The van der Waals surface area contributed by atoms with Crippen LogP contribution in [-0.2, 0) is 0 Å². The highest BCUT2D eigenvalue weighted by atomic mass is 19.1. The van der Waals surface area contributed by atoms with Crippen molar-refractivity contribution in [3.05, 3.63) is 35.1 Å². The zero-order valence-corrected chi connectivity index (χ0v) is 9.86. The Morgan fingerprint density at radius 1 is 1.11 bits per heavy atom. The van der Waals surface area contributed by atoms with Crippen molar-refractivity contribution in [2.45, 2.75) is 19.3 Å². The van der Waals surface area contributed by atoms with E-state index in [2.05, 4.69) is 0 Å². The van der Waals surface area contributed by atoms with Gasteiger partial charge in [-0.05, 0) is 31.4 Å². The molecule has 5 heteroatoms. The number of hydrogen-bond acceptors (Lipinski definition) is 2. The van der Waals surface area contributed by atoms with E-state index in [1.165, 1.54) is 12.1 Å². The van der Waals surface area contributed by atoms with E-state index in [1.807, 2.05) is 0 Å². The van der Waals surface area contributed by atoms with Crippen molar-refractivity contribution in [3.63, 3.8) is 0 Å². The highest BCUT2D eigenvalue weighted by molar-refractivity contribution is 5.98. The number of aromatic carboxylic acids is 1. The lowest BCUT2D eigenvalue weighted by Gasteiger charge is -2.26. The maximum atomic E-state index is 13.9. The number of carboxylic acid groups (broad SMARTS) is 1. The van der Waals surface area contributed by atoms with Crippen molar-refractivity contribution in [3.8, 4) is 0 Å². The molecule has 0 spiro atoms. The molecule has 2 rings (SSSR count). The first-order valence-corrected chi connectivity index (χ1v) is 5.92. The van der Waals surface area contributed by atoms with E-state index in [9.17, 15) is 14.0 Å². The molecule has 1 aromatic rings. The topological polar surface area (TPSA) is 57.6 Å². The van der Waals surface area contributed by atoms with Gasteiger partial charge in [0.05, 0.1) is 11.1 Å². The van der Waals surface area contributed by atoms with E-state index in [4.69, 9.17) is 5.11 Å². The van der Waals surface area contributed by atoms with Crippen LogP contribution in [0.1, 0.15) is 40.0 Å². The molecule has 96 valence electrons. The first kappa shape index (κ1) is 12.5. The van der Waals surface area contributed by atoms with E-state index in [0.717, 1.165) is 25.3 Å². The highest BCUT2D eigenvalue weighted by Gasteiger charge is 2.23. The van der Waals surface area contributed by atoms with Gasteiger partial charge in [-0.3, -0.25) is 4.79 Å². The third-order valence-corrected chi connectivity index (χ3v) is 3.10. The van der Waals surface area contributed by atoms with Crippen molar-refractivity contribution >= 4 is 11.9 Å². The lowest BCUT2D eigenvalue weighted by atomic mass is 10.1. The number of benzene rings is 1. The molecular formula is C13H14FNO3. The minimum absolute atomic E-state index is 0.156. The molecule has 1 aliphatic heterocycles. The van der Waals surface area contributed by atoms with E-state index in [-0.39, 0.29) is 5.56 Å². The molecule has 0 aliphatic carbocycles. The lowest BCUT2D eigenvalue weighted by Crippen LogP contribution is -2.36. The molecule has 1 aliphatic rings. The van der Waals surface area contributed by atoms with Crippen molar-refractivity contribution in [2.24, 2.45) is 0 Å². The standard InChI is InChI=1S/C13H14FNO3/c14-11-9(5-4-6-10(11)13(17)18)12(16)15-7-2-1-3-8-15/h4-6H,1-3,7-8H2,(H,17,18). The third kappa shape index (κ3) is 2.34. The maximum Gasteiger partial charge on any atom is 0.338 e. The van der Waals surface area contributed by atoms with Crippen molar-refractivity contribution in [2.75, 3.05) is 13.1 Å². The second kappa shape index (κ2) is 5.16. The fourth-order valence-electron chi connectivity index (χ4n) is 2.13. The molecule has 0 atom stereocenters. The summed E-state index contributed by atoms with van der Waals surface area (Å²) in [6.07, 6.45) is 2.89. The van der Waals surface area contributed by atoms with E-state index in [0.29, 0.717) is 13.1 Å². The summed E-state index contributed by atoms with van der Waals surface area (Å²) in [5.41, 5.74) is -0.616. The molecule has 1 heterocycles. The monoisotopic (exact) mass is 251 g/mol. The molecular weight excluding hydrogens is 237 g/mol. The zero-order chi connectivity index (χ0) is 13.1. The molecule has 1 saturated heterocycles. The molecule has 0 radical (unpaired) electrons. The second-order valence-corrected chi connectivity index (χ2v) is 4.33. The van der Waals surface area contributed by atoms with Crippen molar-refractivity contribution < 1.29 is 19.1 Å². The number of likely N-dealkylation sites (tertiary alicyclic amines) is 1.